The van der Waals surface area contributed by atoms with Gasteiger partial charge >= 0.3 is 0 Å². The highest BCUT2D eigenvalue weighted by atomic mass is 31.1. The van der Waals surface area contributed by atoms with Gasteiger partial charge in [-0.15, -0.1) is 0 Å². The van der Waals surface area contributed by atoms with Gasteiger partial charge in [-0.25, -0.2) is 0 Å². The maximum absolute atomic E-state index is 7.06. The molecule has 0 amide bonds. The molecule has 0 fully saturated rings. The predicted molar refractivity (Wildman–Crippen MR) is 254 cm³/mol. The van der Waals surface area contributed by atoms with E-state index < -0.39 is 5.60 Å². The van der Waals surface area contributed by atoms with Gasteiger partial charge in [0.1, 0.15) is 34.3 Å². The number of hydrogen-bond acceptors (Lipinski definition) is 5. The fourth-order valence-electron chi connectivity index (χ4n) is 7.77. The van der Waals surface area contributed by atoms with Crippen LogP contribution in [0.5, 0.6) is 28.7 Å². The predicted octanol–water partition coefficient (Wildman–Crippen LogP) is 15.9. The molecule has 59 heavy (non-hydrogen) atoms. The van der Waals surface area contributed by atoms with Crippen molar-refractivity contribution in [3.8, 4) is 39.9 Å². The van der Waals surface area contributed by atoms with Crippen molar-refractivity contribution in [3.63, 3.8) is 0 Å². The van der Waals surface area contributed by atoms with Crippen molar-refractivity contribution < 1.29 is 22.8 Å². The third kappa shape index (κ3) is 9.85. The molecule has 0 spiro atoms. The van der Waals surface area contributed by atoms with E-state index in [1.54, 1.807) is 0 Å². The van der Waals surface area contributed by atoms with E-state index >= 15 is 0 Å². The average molecular weight is 831 g/mol. The van der Waals surface area contributed by atoms with Crippen molar-refractivity contribution in [3.05, 3.63) is 124 Å². The molecule has 0 aliphatic heterocycles. The largest absolute Gasteiger partial charge is 0.488 e. The van der Waals surface area contributed by atoms with E-state index in [1.165, 1.54) is 16.7 Å². The lowest BCUT2D eigenvalue weighted by atomic mass is 9.74. The first kappa shape index (κ1) is 44.3. The Kier molecular flexibility index (Phi) is 12.5. The summed E-state index contributed by atoms with van der Waals surface area (Å²) in [6.45, 7) is 35.2. The second-order valence-electron chi connectivity index (χ2n) is 20.1. The second-order valence-corrected chi connectivity index (χ2v) is 21.2. The Bertz CT molecular complexity index is 2510. The van der Waals surface area contributed by atoms with Crippen molar-refractivity contribution in [2.75, 3.05) is 0 Å². The lowest BCUT2D eigenvalue weighted by Crippen LogP contribution is -2.24. The molecule has 0 radical (unpaired) electrons. The Morgan fingerprint density at radius 1 is 0.407 bits per heavy atom. The summed E-state index contributed by atoms with van der Waals surface area (Å²) in [6, 6.07) is 29.8. The van der Waals surface area contributed by atoms with Crippen LogP contribution in [0.3, 0.4) is 0 Å². The molecule has 5 nitrogen and oxygen atoms in total. The van der Waals surface area contributed by atoms with Crippen LogP contribution in [0.2, 0.25) is 0 Å². The zero-order valence-corrected chi connectivity index (χ0v) is 40.1. The summed E-state index contributed by atoms with van der Waals surface area (Å²) in [7, 11) is -0.630. The van der Waals surface area contributed by atoms with Gasteiger partial charge in [-0.3, -0.25) is 0 Å². The molecule has 0 bridgehead atoms. The molecule has 0 aromatic heterocycles. The maximum atomic E-state index is 7.06. The Balaban J connectivity index is 1.59. The lowest BCUT2D eigenvalue weighted by Gasteiger charge is -2.34. The zero-order chi connectivity index (χ0) is 43.2. The standard InChI is InChI=1S/C52H64O5P2/c1-31-23-25-37-35(27-31)19-17-21-42(37)54-58-56-47-40(50(8,9)10)29-39(49(5,6)7)33(3)45(47)46-34(4)44(53-52(14,15)16)30-41(51(11,12)13)48(46)57-59-55-43-22-18-20-36-28-32(2)24-26-38(36)43/h17-30,58-59H,1-16H3. The van der Waals surface area contributed by atoms with Crippen LogP contribution < -0.4 is 22.8 Å². The average Bonchev–Trinajstić information content (AvgIpc) is 3.11. The number of aryl methyl sites for hydroxylation is 2. The Morgan fingerprint density at radius 2 is 0.831 bits per heavy atom. The first-order chi connectivity index (χ1) is 27.4. The summed E-state index contributed by atoms with van der Waals surface area (Å²) in [5.41, 5.74) is 8.59. The van der Waals surface area contributed by atoms with Crippen LogP contribution >= 0.6 is 18.1 Å². The summed E-state index contributed by atoms with van der Waals surface area (Å²) in [4.78, 5) is 0. The van der Waals surface area contributed by atoms with Gasteiger partial charge in [-0.05, 0) is 105 Å². The normalized spacial score (nSPS) is 12.9. The molecule has 0 N–H and O–H groups in total. The minimum absolute atomic E-state index is 0.171. The Morgan fingerprint density at radius 3 is 1.25 bits per heavy atom. The SMILES string of the molecule is Cc1ccc2c(OPOc3c(C(C)(C)C)cc(OC(C)(C)C)c(C)c3-c3c(C)c(C(C)(C)C)cc(C(C)(C)C)c3OPOc3cccc4cc(C)ccc34)cccc2c1. The summed E-state index contributed by atoms with van der Waals surface area (Å²) < 4.78 is 34.1. The van der Waals surface area contributed by atoms with Gasteiger partial charge in [-0.2, -0.15) is 0 Å². The molecule has 0 aliphatic rings. The topological polar surface area (TPSA) is 46.2 Å². The van der Waals surface area contributed by atoms with Crippen molar-refractivity contribution in [2.24, 2.45) is 0 Å². The number of ether oxygens (including phenoxy) is 1. The molecule has 0 aliphatic carbocycles. The van der Waals surface area contributed by atoms with E-state index in [-0.39, 0.29) is 34.3 Å². The van der Waals surface area contributed by atoms with E-state index in [0.29, 0.717) is 0 Å². The van der Waals surface area contributed by atoms with Gasteiger partial charge in [0.25, 0.3) is 18.1 Å². The second kappa shape index (κ2) is 16.6. The number of hydrogen-bond donors (Lipinski definition) is 0. The van der Waals surface area contributed by atoms with Gasteiger partial charge in [0, 0.05) is 38.6 Å². The molecule has 7 heteroatoms. The van der Waals surface area contributed by atoms with Crippen molar-refractivity contribution in [1.82, 2.24) is 0 Å². The number of rotatable bonds is 10. The van der Waals surface area contributed by atoms with Crippen molar-refractivity contribution in [2.45, 2.75) is 133 Å². The first-order valence-electron chi connectivity index (χ1n) is 20.7. The summed E-state index contributed by atoms with van der Waals surface area (Å²) in [6.07, 6.45) is 0. The fourth-order valence-corrected chi connectivity index (χ4v) is 8.98. The van der Waals surface area contributed by atoms with Crippen molar-refractivity contribution >= 4 is 39.6 Å². The van der Waals surface area contributed by atoms with Crippen molar-refractivity contribution in [1.29, 1.82) is 0 Å². The molecule has 312 valence electrons. The zero-order valence-electron chi connectivity index (χ0n) is 38.1. The summed E-state index contributed by atoms with van der Waals surface area (Å²) in [5.74, 6) is 3.94. The molecule has 2 atom stereocenters. The van der Waals surface area contributed by atoms with Crippen LogP contribution in [0.1, 0.15) is 122 Å². The molecular formula is C52H64O5P2. The monoisotopic (exact) mass is 830 g/mol. The Hall–Kier alpha value is -4.30. The van der Waals surface area contributed by atoms with Crippen LogP contribution in [-0.2, 0) is 16.2 Å². The van der Waals surface area contributed by atoms with Gasteiger partial charge in [0.2, 0.25) is 0 Å². The van der Waals surface area contributed by atoms with Gasteiger partial charge in [-0.1, -0.05) is 140 Å². The van der Waals surface area contributed by atoms with Crippen LogP contribution in [-0.4, -0.2) is 5.60 Å². The van der Waals surface area contributed by atoms with Gasteiger partial charge in [0.15, 0.2) is 0 Å². The molecule has 6 aromatic rings. The minimum atomic E-state index is -0.443. The quantitative estimate of drug-likeness (QED) is 0.129. The molecule has 2 unspecified atom stereocenters. The molecular weight excluding hydrogens is 767 g/mol. The highest BCUT2D eigenvalue weighted by molar-refractivity contribution is 7.27. The maximum Gasteiger partial charge on any atom is 0.275 e. The molecule has 0 heterocycles. The molecule has 6 rings (SSSR count). The van der Waals surface area contributed by atoms with Crippen LogP contribution in [0.25, 0.3) is 32.7 Å². The van der Waals surface area contributed by atoms with Gasteiger partial charge < -0.3 is 22.8 Å². The van der Waals surface area contributed by atoms with E-state index in [9.17, 15) is 0 Å². The molecule has 6 aromatic carbocycles. The third-order valence-electron chi connectivity index (χ3n) is 10.7. The lowest BCUT2D eigenvalue weighted by molar-refractivity contribution is 0.129. The Labute approximate surface area is 357 Å². The van der Waals surface area contributed by atoms with Crippen LogP contribution in [0.4, 0.5) is 0 Å². The van der Waals surface area contributed by atoms with E-state index in [2.05, 4.69) is 171 Å². The summed E-state index contributed by atoms with van der Waals surface area (Å²) in [5, 5.41) is 4.38. The molecule has 0 saturated carbocycles. The van der Waals surface area contributed by atoms with E-state index in [1.807, 2.05) is 24.3 Å². The van der Waals surface area contributed by atoms with Gasteiger partial charge in [0.05, 0.1) is 0 Å². The summed E-state index contributed by atoms with van der Waals surface area (Å²) >= 11 is 0. The van der Waals surface area contributed by atoms with Crippen LogP contribution in [0, 0.1) is 27.7 Å². The van der Waals surface area contributed by atoms with E-state index in [0.717, 1.165) is 83.7 Å². The fraction of sp³-hybridized carbons (Fsp3) is 0.385. The highest BCUT2D eigenvalue weighted by Crippen LogP contribution is 2.55. The minimum Gasteiger partial charge on any atom is -0.488 e. The number of fused-ring (bicyclic) bond motifs is 2. The first-order valence-corrected chi connectivity index (χ1v) is 22.3. The van der Waals surface area contributed by atoms with Crippen LogP contribution in [0.15, 0.2) is 84.9 Å². The smallest absolute Gasteiger partial charge is 0.275 e. The highest BCUT2D eigenvalue weighted by Gasteiger charge is 2.35. The van der Waals surface area contributed by atoms with E-state index in [4.69, 9.17) is 22.8 Å². The molecule has 0 saturated heterocycles. The third-order valence-corrected chi connectivity index (χ3v) is 11.9. The number of benzene rings is 6.